The summed E-state index contributed by atoms with van der Waals surface area (Å²) in [6.45, 7) is 7.31. The van der Waals surface area contributed by atoms with E-state index in [1.54, 1.807) is 19.1 Å². The van der Waals surface area contributed by atoms with Crippen LogP contribution in [0.25, 0.3) is 22.3 Å². The number of hydrogen-bond acceptors (Lipinski definition) is 9. The molecule has 5 N–H and O–H groups in total. The van der Waals surface area contributed by atoms with E-state index < -0.39 is 23.0 Å². The number of methoxy groups -OCH3 is 2. The number of aliphatic hydroxyl groups excluding tert-OH is 2. The molecule has 0 saturated heterocycles. The van der Waals surface area contributed by atoms with Gasteiger partial charge in [-0.05, 0) is 48.9 Å². The number of aliphatic hydroxyl groups is 2. The molecule has 2 atom stereocenters. The third-order valence-corrected chi connectivity index (χ3v) is 6.19. The van der Waals surface area contributed by atoms with Crippen LogP contribution < -0.4 is 14.9 Å². The number of phenolic OH excluding ortho intramolecular Hbond substituents is 3. The van der Waals surface area contributed by atoms with Crippen LogP contribution in [0.2, 0.25) is 0 Å². The van der Waals surface area contributed by atoms with E-state index in [2.05, 4.69) is 6.58 Å². The predicted octanol–water partition coefficient (Wildman–Crippen LogP) is 3.63. The SMILES string of the molecule is C=C(C)[C@H](O)Cc1cc(-c2oc3cc(O)c(OC)c(O)c3c(=O)c2OC)cc(CC[C@H](C)CO)c1O. The third-order valence-electron chi connectivity index (χ3n) is 6.19. The lowest BCUT2D eigenvalue weighted by atomic mass is 9.93. The Bertz CT molecular complexity index is 1340. The zero-order valence-corrected chi connectivity index (χ0v) is 20.8. The van der Waals surface area contributed by atoms with Crippen LogP contribution in [-0.2, 0) is 12.8 Å². The minimum absolute atomic E-state index is 0.00779. The smallest absolute Gasteiger partial charge is 0.239 e. The van der Waals surface area contributed by atoms with Gasteiger partial charge in [-0.1, -0.05) is 19.1 Å². The maximum absolute atomic E-state index is 13.3. The van der Waals surface area contributed by atoms with Crippen LogP contribution in [0.1, 0.15) is 31.4 Å². The Hall–Kier alpha value is -3.69. The molecule has 0 saturated carbocycles. The van der Waals surface area contributed by atoms with E-state index in [-0.39, 0.29) is 52.9 Å². The van der Waals surface area contributed by atoms with Crippen molar-refractivity contribution in [2.45, 2.75) is 39.2 Å². The number of phenols is 3. The fourth-order valence-electron chi connectivity index (χ4n) is 3.98. The highest BCUT2D eigenvalue weighted by Gasteiger charge is 2.25. The van der Waals surface area contributed by atoms with Crippen LogP contribution in [0.4, 0.5) is 0 Å². The van der Waals surface area contributed by atoms with E-state index in [0.717, 1.165) is 6.07 Å². The van der Waals surface area contributed by atoms with Gasteiger partial charge in [-0.25, -0.2) is 0 Å². The van der Waals surface area contributed by atoms with Gasteiger partial charge < -0.3 is 39.4 Å². The minimum atomic E-state index is -0.915. The molecule has 0 radical (unpaired) electrons. The van der Waals surface area contributed by atoms with Crippen LogP contribution in [0.3, 0.4) is 0 Å². The first-order chi connectivity index (χ1) is 17.0. The number of aromatic hydroxyl groups is 3. The molecular formula is C27H32O9. The molecule has 9 nitrogen and oxygen atoms in total. The van der Waals surface area contributed by atoms with Crippen molar-refractivity contribution in [3.63, 3.8) is 0 Å². The first-order valence-electron chi connectivity index (χ1n) is 11.5. The van der Waals surface area contributed by atoms with Crippen molar-refractivity contribution in [1.82, 2.24) is 0 Å². The molecule has 0 spiro atoms. The molecule has 0 aliphatic rings. The summed E-state index contributed by atoms with van der Waals surface area (Å²) in [6, 6.07) is 4.39. The molecule has 0 unspecified atom stereocenters. The summed E-state index contributed by atoms with van der Waals surface area (Å²) < 4.78 is 16.3. The molecule has 1 aromatic heterocycles. The second kappa shape index (κ2) is 10.9. The molecule has 3 rings (SSSR count). The van der Waals surface area contributed by atoms with E-state index in [9.17, 15) is 30.3 Å². The van der Waals surface area contributed by atoms with Gasteiger partial charge in [0.2, 0.25) is 16.9 Å². The molecular weight excluding hydrogens is 468 g/mol. The monoisotopic (exact) mass is 500 g/mol. The molecule has 0 fully saturated rings. The summed E-state index contributed by atoms with van der Waals surface area (Å²) in [7, 11) is 2.52. The molecule has 36 heavy (non-hydrogen) atoms. The lowest BCUT2D eigenvalue weighted by Gasteiger charge is -2.18. The van der Waals surface area contributed by atoms with Gasteiger partial charge in [-0.15, -0.1) is 0 Å². The van der Waals surface area contributed by atoms with Crippen LogP contribution in [0.5, 0.6) is 28.7 Å². The molecule has 2 aromatic carbocycles. The third kappa shape index (κ3) is 5.12. The van der Waals surface area contributed by atoms with Crippen LogP contribution >= 0.6 is 0 Å². The molecule has 0 bridgehead atoms. The van der Waals surface area contributed by atoms with Gasteiger partial charge in [-0.3, -0.25) is 4.79 Å². The Morgan fingerprint density at radius 2 is 1.69 bits per heavy atom. The maximum atomic E-state index is 13.3. The minimum Gasteiger partial charge on any atom is -0.507 e. The summed E-state index contributed by atoms with van der Waals surface area (Å²) in [4.78, 5) is 13.3. The van der Waals surface area contributed by atoms with E-state index in [4.69, 9.17) is 13.9 Å². The maximum Gasteiger partial charge on any atom is 0.239 e. The molecule has 0 amide bonds. The normalized spacial score (nSPS) is 12.9. The Balaban J connectivity index is 2.29. The van der Waals surface area contributed by atoms with Crippen molar-refractivity contribution in [2.24, 2.45) is 5.92 Å². The Kier molecular flexibility index (Phi) is 8.17. The number of fused-ring (bicyclic) bond motifs is 1. The molecule has 3 aromatic rings. The van der Waals surface area contributed by atoms with Crippen LogP contribution in [0, 0.1) is 5.92 Å². The fourth-order valence-corrected chi connectivity index (χ4v) is 3.98. The van der Waals surface area contributed by atoms with Crippen LogP contribution in [-0.4, -0.2) is 52.5 Å². The van der Waals surface area contributed by atoms with Gasteiger partial charge in [0, 0.05) is 24.7 Å². The largest absolute Gasteiger partial charge is 0.507 e. The van der Waals surface area contributed by atoms with Crippen molar-refractivity contribution in [3.8, 4) is 40.1 Å². The lowest BCUT2D eigenvalue weighted by molar-refractivity contribution is 0.210. The van der Waals surface area contributed by atoms with E-state index in [0.29, 0.717) is 35.1 Å². The van der Waals surface area contributed by atoms with Gasteiger partial charge in [-0.2, -0.15) is 0 Å². The van der Waals surface area contributed by atoms with Gasteiger partial charge in [0.25, 0.3) is 0 Å². The Morgan fingerprint density at radius 3 is 2.28 bits per heavy atom. The summed E-state index contributed by atoms with van der Waals surface area (Å²) in [5, 5.41) is 51.3. The first-order valence-corrected chi connectivity index (χ1v) is 11.5. The van der Waals surface area contributed by atoms with Crippen molar-refractivity contribution in [2.75, 3.05) is 20.8 Å². The van der Waals surface area contributed by atoms with Crippen molar-refractivity contribution in [1.29, 1.82) is 0 Å². The molecule has 0 aliphatic heterocycles. The first kappa shape index (κ1) is 26.9. The summed E-state index contributed by atoms with van der Waals surface area (Å²) >= 11 is 0. The molecule has 9 heteroatoms. The van der Waals surface area contributed by atoms with E-state index in [1.165, 1.54) is 14.2 Å². The van der Waals surface area contributed by atoms with Crippen molar-refractivity contribution >= 4 is 11.0 Å². The van der Waals surface area contributed by atoms with E-state index in [1.807, 2.05) is 6.92 Å². The molecule has 1 heterocycles. The van der Waals surface area contributed by atoms with E-state index >= 15 is 0 Å². The lowest BCUT2D eigenvalue weighted by Crippen LogP contribution is -2.12. The van der Waals surface area contributed by atoms with Gasteiger partial charge in [0.15, 0.2) is 17.3 Å². The zero-order valence-electron chi connectivity index (χ0n) is 20.8. The summed E-state index contributed by atoms with van der Waals surface area (Å²) in [5.41, 5.74) is 1.05. The number of hydrogen-bond donors (Lipinski definition) is 5. The Morgan fingerprint density at radius 1 is 1.06 bits per heavy atom. The average Bonchev–Trinajstić information content (AvgIpc) is 2.83. The quantitative estimate of drug-likeness (QED) is 0.263. The second-order valence-electron chi connectivity index (χ2n) is 8.98. The second-order valence-corrected chi connectivity index (χ2v) is 8.98. The van der Waals surface area contributed by atoms with Crippen molar-refractivity contribution < 1.29 is 39.4 Å². The number of aryl methyl sites for hydroxylation is 1. The highest BCUT2D eigenvalue weighted by Crippen LogP contribution is 2.44. The Labute approximate surface area is 208 Å². The zero-order chi connectivity index (χ0) is 26.7. The predicted molar refractivity (Wildman–Crippen MR) is 135 cm³/mol. The standard InChI is InChI=1S/C27H32O9/c1-13(2)18(29)10-16-9-17(8-15(22(16)31)7-6-14(3)12-28)25-27(35-5)24(33)21-20(36-25)11-19(30)26(34-4)23(21)32/h8-9,11,14,18,28-32H,1,6-7,10,12H2,2-5H3/t14-,18+/m0/s1. The topological polar surface area (TPSA) is 150 Å². The number of benzene rings is 2. The molecule has 0 aliphatic carbocycles. The molecule has 194 valence electrons. The highest BCUT2D eigenvalue weighted by molar-refractivity contribution is 5.91. The summed E-state index contributed by atoms with van der Waals surface area (Å²) in [5.74, 6) is -1.47. The number of ether oxygens (including phenoxy) is 2. The van der Waals surface area contributed by atoms with Crippen molar-refractivity contribution in [3.05, 3.63) is 51.7 Å². The fraction of sp³-hybridized carbons (Fsp3) is 0.370. The van der Waals surface area contributed by atoms with Gasteiger partial charge in [0.1, 0.15) is 16.7 Å². The van der Waals surface area contributed by atoms with Gasteiger partial charge >= 0.3 is 0 Å². The van der Waals surface area contributed by atoms with Gasteiger partial charge in [0.05, 0.1) is 20.3 Å². The summed E-state index contributed by atoms with van der Waals surface area (Å²) in [6.07, 6.45) is 0.144. The highest BCUT2D eigenvalue weighted by atomic mass is 16.5. The average molecular weight is 501 g/mol. The van der Waals surface area contributed by atoms with Crippen LogP contribution in [0.15, 0.2) is 39.6 Å². The number of rotatable bonds is 10.